The molecule has 106 valence electrons. The Morgan fingerprint density at radius 3 is 2.28 bits per heavy atom. The van der Waals surface area contributed by atoms with Crippen molar-refractivity contribution in [3.05, 3.63) is 0 Å². The number of carbonyl (C=O) groups excluding carboxylic acids is 2. The Morgan fingerprint density at radius 2 is 1.83 bits per heavy atom. The minimum Gasteiger partial charge on any atom is -0.337 e. The molecule has 4 nitrogen and oxygen atoms in total. The highest BCUT2D eigenvalue weighted by atomic mass is 16.2. The molecule has 1 amide bonds. The van der Waals surface area contributed by atoms with Crippen molar-refractivity contribution in [3.63, 3.8) is 0 Å². The number of nitrogens with zero attached hydrogens (tertiary/aromatic N) is 1. The van der Waals surface area contributed by atoms with Crippen LogP contribution in [-0.2, 0) is 9.59 Å². The SMILES string of the molecule is CCCC(C)C(=O)C(=O)N(C)CC(C)(C)NCC. The summed E-state index contributed by atoms with van der Waals surface area (Å²) in [6, 6.07) is 0. The highest BCUT2D eigenvalue weighted by Crippen LogP contribution is 2.10. The van der Waals surface area contributed by atoms with Crippen molar-refractivity contribution in [2.75, 3.05) is 20.1 Å². The first-order valence-electron chi connectivity index (χ1n) is 6.79. The zero-order chi connectivity index (χ0) is 14.3. The van der Waals surface area contributed by atoms with Gasteiger partial charge >= 0.3 is 0 Å². The molecule has 0 aromatic heterocycles. The maximum Gasteiger partial charge on any atom is 0.290 e. The molecule has 18 heavy (non-hydrogen) atoms. The highest BCUT2D eigenvalue weighted by molar-refractivity contribution is 6.36. The number of ketones is 1. The lowest BCUT2D eigenvalue weighted by atomic mass is 9.99. The average Bonchev–Trinajstić information content (AvgIpc) is 2.26. The van der Waals surface area contributed by atoms with E-state index in [1.165, 1.54) is 4.90 Å². The second-order valence-electron chi connectivity index (χ2n) is 5.63. The lowest BCUT2D eigenvalue weighted by molar-refractivity contribution is -0.146. The third kappa shape index (κ3) is 5.63. The number of Topliss-reactive ketones (excluding diaryl/α,β-unsaturated/α-hetero) is 1. The Bertz CT molecular complexity index is 288. The van der Waals surface area contributed by atoms with Crippen molar-refractivity contribution < 1.29 is 9.59 Å². The van der Waals surface area contributed by atoms with Gasteiger partial charge in [0.25, 0.3) is 5.91 Å². The Morgan fingerprint density at radius 1 is 1.28 bits per heavy atom. The molecule has 0 heterocycles. The summed E-state index contributed by atoms with van der Waals surface area (Å²) in [4.78, 5) is 25.4. The Hall–Kier alpha value is -0.900. The fourth-order valence-electron chi connectivity index (χ4n) is 2.16. The Kier molecular flexibility index (Phi) is 7.14. The molecule has 4 heteroatoms. The van der Waals surface area contributed by atoms with Crippen molar-refractivity contribution in [2.24, 2.45) is 5.92 Å². The number of nitrogens with one attached hydrogen (secondary N) is 1. The molecule has 0 bridgehead atoms. The van der Waals surface area contributed by atoms with Crippen LogP contribution in [-0.4, -0.2) is 42.3 Å². The number of carbonyl (C=O) groups is 2. The molecular weight excluding hydrogens is 228 g/mol. The topological polar surface area (TPSA) is 49.4 Å². The number of hydrogen-bond acceptors (Lipinski definition) is 3. The van der Waals surface area contributed by atoms with E-state index in [0.29, 0.717) is 6.54 Å². The van der Waals surface area contributed by atoms with Gasteiger partial charge in [0, 0.05) is 25.0 Å². The summed E-state index contributed by atoms with van der Waals surface area (Å²) in [5.41, 5.74) is -0.173. The van der Waals surface area contributed by atoms with Gasteiger partial charge < -0.3 is 10.2 Å². The molecule has 1 atom stereocenters. The van der Waals surface area contributed by atoms with Gasteiger partial charge in [-0.05, 0) is 26.8 Å². The van der Waals surface area contributed by atoms with Crippen LogP contribution < -0.4 is 5.32 Å². The van der Waals surface area contributed by atoms with E-state index in [0.717, 1.165) is 19.4 Å². The molecule has 0 rings (SSSR count). The molecule has 0 saturated carbocycles. The van der Waals surface area contributed by atoms with E-state index in [-0.39, 0.29) is 23.1 Å². The van der Waals surface area contributed by atoms with Crippen molar-refractivity contribution in [3.8, 4) is 0 Å². The van der Waals surface area contributed by atoms with Crippen LogP contribution in [0.1, 0.15) is 47.5 Å². The third-order valence-corrected chi connectivity index (χ3v) is 3.01. The maximum atomic E-state index is 12.0. The molecule has 0 radical (unpaired) electrons. The third-order valence-electron chi connectivity index (χ3n) is 3.01. The molecule has 0 aromatic rings. The van der Waals surface area contributed by atoms with Gasteiger partial charge in [-0.3, -0.25) is 9.59 Å². The van der Waals surface area contributed by atoms with Crippen LogP contribution in [0.5, 0.6) is 0 Å². The predicted molar refractivity (Wildman–Crippen MR) is 74.5 cm³/mol. The molecule has 0 aliphatic rings. The first-order chi connectivity index (χ1) is 8.25. The van der Waals surface area contributed by atoms with Crippen LogP contribution in [0, 0.1) is 5.92 Å². The van der Waals surface area contributed by atoms with Crippen molar-refractivity contribution >= 4 is 11.7 Å². The minimum atomic E-state index is -0.373. The second-order valence-corrected chi connectivity index (χ2v) is 5.63. The summed E-state index contributed by atoms with van der Waals surface area (Å²) >= 11 is 0. The molecule has 0 fully saturated rings. The van der Waals surface area contributed by atoms with Gasteiger partial charge in [0.15, 0.2) is 0 Å². The van der Waals surface area contributed by atoms with E-state index in [1.54, 1.807) is 7.05 Å². The number of likely N-dealkylation sites (N-methyl/N-ethyl adjacent to an activating group) is 2. The van der Waals surface area contributed by atoms with E-state index < -0.39 is 0 Å². The van der Waals surface area contributed by atoms with Gasteiger partial charge in [0.05, 0.1) is 0 Å². The standard InChI is InChI=1S/C14H28N2O2/c1-7-9-11(3)12(17)13(18)16(6)10-14(4,5)15-8-2/h11,15H,7-10H2,1-6H3. The molecule has 0 spiro atoms. The first kappa shape index (κ1) is 17.1. The number of amides is 1. The van der Waals surface area contributed by atoms with E-state index in [1.807, 2.05) is 34.6 Å². The van der Waals surface area contributed by atoms with Gasteiger partial charge in [0.1, 0.15) is 0 Å². The molecular formula is C14H28N2O2. The smallest absolute Gasteiger partial charge is 0.290 e. The zero-order valence-corrected chi connectivity index (χ0v) is 12.7. The van der Waals surface area contributed by atoms with Gasteiger partial charge in [0.2, 0.25) is 5.78 Å². The monoisotopic (exact) mass is 256 g/mol. The summed E-state index contributed by atoms with van der Waals surface area (Å²) in [5, 5.41) is 3.30. The zero-order valence-electron chi connectivity index (χ0n) is 12.7. The largest absolute Gasteiger partial charge is 0.337 e. The van der Waals surface area contributed by atoms with E-state index in [9.17, 15) is 9.59 Å². The molecule has 0 aromatic carbocycles. The fourth-order valence-corrected chi connectivity index (χ4v) is 2.16. The van der Waals surface area contributed by atoms with Crippen molar-refractivity contribution in [2.45, 2.75) is 53.0 Å². The van der Waals surface area contributed by atoms with E-state index >= 15 is 0 Å². The summed E-state index contributed by atoms with van der Waals surface area (Å²) in [6.45, 7) is 11.3. The Labute approximate surface area is 111 Å². The van der Waals surface area contributed by atoms with Gasteiger partial charge in [-0.15, -0.1) is 0 Å². The minimum absolute atomic E-state index is 0.173. The predicted octanol–water partition coefficient (Wildman–Crippen LogP) is 1.84. The number of rotatable bonds is 8. The molecule has 1 N–H and O–H groups in total. The van der Waals surface area contributed by atoms with Crippen LogP contribution in [0.25, 0.3) is 0 Å². The van der Waals surface area contributed by atoms with Crippen LogP contribution in [0.15, 0.2) is 0 Å². The summed E-state index contributed by atoms with van der Waals surface area (Å²) in [5.74, 6) is -0.819. The summed E-state index contributed by atoms with van der Waals surface area (Å²) < 4.78 is 0. The molecule has 0 saturated heterocycles. The molecule has 1 unspecified atom stereocenters. The highest BCUT2D eigenvalue weighted by Gasteiger charge is 2.27. The van der Waals surface area contributed by atoms with Gasteiger partial charge in [-0.1, -0.05) is 27.2 Å². The fraction of sp³-hybridized carbons (Fsp3) is 0.857. The Balaban J connectivity index is 4.46. The molecule has 0 aliphatic heterocycles. The average molecular weight is 256 g/mol. The number of hydrogen-bond donors (Lipinski definition) is 1. The summed E-state index contributed by atoms with van der Waals surface area (Å²) in [7, 11) is 1.69. The van der Waals surface area contributed by atoms with Crippen LogP contribution in [0.2, 0.25) is 0 Å². The second kappa shape index (κ2) is 7.52. The quantitative estimate of drug-likeness (QED) is 0.674. The normalized spacial score (nSPS) is 13.2. The van der Waals surface area contributed by atoms with E-state index in [4.69, 9.17) is 0 Å². The van der Waals surface area contributed by atoms with E-state index in [2.05, 4.69) is 5.32 Å². The molecule has 0 aliphatic carbocycles. The lowest BCUT2D eigenvalue weighted by Crippen LogP contribution is -2.51. The van der Waals surface area contributed by atoms with Crippen molar-refractivity contribution in [1.29, 1.82) is 0 Å². The lowest BCUT2D eigenvalue weighted by Gasteiger charge is -2.31. The van der Waals surface area contributed by atoms with Crippen LogP contribution in [0.4, 0.5) is 0 Å². The van der Waals surface area contributed by atoms with Crippen molar-refractivity contribution in [1.82, 2.24) is 10.2 Å². The van der Waals surface area contributed by atoms with Gasteiger partial charge in [-0.2, -0.15) is 0 Å². The van der Waals surface area contributed by atoms with Crippen LogP contribution in [0.3, 0.4) is 0 Å². The maximum absolute atomic E-state index is 12.0. The first-order valence-corrected chi connectivity index (χ1v) is 6.79. The van der Waals surface area contributed by atoms with Crippen LogP contribution >= 0.6 is 0 Å². The summed E-state index contributed by atoms with van der Waals surface area (Å²) in [6.07, 6.45) is 1.70. The van der Waals surface area contributed by atoms with Gasteiger partial charge in [-0.25, -0.2) is 0 Å².